The van der Waals surface area contributed by atoms with Gasteiger partial charge in [0.2, 0.25) is 0 Å². The monoisotopic (exact) mass is 324 g/mol. The van der Waals surface area contributed by atoms with Crippen molar-refractivity contribution in [3.05, 3.63) is 32.9 Å². The number of aromatic amines is 1. The number of thiophene rings is 1. The molecule has 0 bridgehead atoms. The third-order valence-corrected chi connectivity index (χ3v) is 4.38. The fourth-order valence-electron chi connectivity index (χ4n) is 1.75. The molecule has 7 heteroatoms. The van der Waals surface area contributed by atoms with Crippen molar-refractivity contribution in [2.75, 3.05) is 0 Å². The van der Waals surface area contributed by atoms with Crippen LogP contribution in [0.15, 0.2) is 21.5 Å². The lowest BCUT2D eigenvalue weighted by Crippen LogP contribution is -2.14. The van der Waals surface area contributed by atoms with Crippen LogP contribution in [0.25, 0.3) is 20.8 Å². The first-order chi connectivity index (χ1) is 8.56. The molecule has 3 aromatic heterocycles. The standard InChI is InChI=1S/C11H9BrN4OS/c1-5-13-10(15-14-5)8-3-6-7(12)4-16(2)11(17)9(6)18-8/h3-4H,1-2H3,(H,13,14,15). The number of H-pyrrole nitrogens is 1. The molecule has 92 valence electrons. The van der Waals surface area contributed by atoms with Crippen LogP contribution in [0.2, 0.25) is 0 Å². The van der Waals surface area contributed by atoms with Crippen molar-refractivity contribution in [1.82, 2.24) is 19.7 Å². The fraction of sp³-hybridized carbons (Fsp3) is 0.182. The molecule has 18 heavy (non-hydrogen) atoms. The Labute approximate surface area is 115 Å². The van der Waals surface area contributed by atoms with Gasteiger partial charge in [0, 0.05) is 23.1 Å². The van der Waals surface area contributed by atoms with Crippen molar-refractivity contribution >= 4 is 37.4 Å². The van der Waals surface area contributed by atoms with Gasteiger partial charge in [0.15, 0.2) is 5.82 Å². The van der Waals surface area contributed by atoms with Gasteiger partial charge in [0.1, 0.15) is 10.5 Å². The van der Waals surface area contributed by atoms with E-state index in [1.165, 1.54) is 11.3 Å². The number of aryl methyl sites for hydroxylation is 2. The summed E-state index contributed by atoms with van der Waals surface area (Å²) >= 11 is 4.88. The molecule has 5 nitrogen and oxygen atoms in total. The van der Waals surface area contributed by atoms with E-state index in [1.807, 2.05) is 13.0 Å². The van der Waals surface area contributed by atoms with Crippen molar-refractivity contribution in [3.8, 4) is 10.7 Å². The van der Waals surface area contributed by atoms with E-state index in [0.717, 1.165) is 20.6 Å². The molecule has 1 N–H and O–H groups in total. The Kier molecular flexibility index (Phi) is 2.60. The number of nitrogens with one attached hydrogen (secondary N) is 1. The van der Waals surface area contributed by atoms with Crippen LogP contribution in [0.1, 0.15) is 5.82 Å². The van der Waals surface area contributed by atoms with E-state index >= 15 is 0 Å². The molecule has 0 aliphatic carbocycles. The number of fused-ring (bicyclic) bond motifs is 1. The summed E-state index contributed by atoms with van der Waals surface area (Å²) in [5.41, 5.74) is -0.00305. The van der Waals surface area contributed by atoms with Gasteiger partial charge in [0.25, 0.3) is 5.56 Å². The molecule has 3 heterocycles. The molecule has 3 aromatic rings. The van der Waals surface area contributed by atoms with Crippen LogP contribution in [0.5, 0.6) is 0 Å². The van der Waals surface area contributed by atoms with Gasteiger partial charge in [-0.15, -0.1) is 11.3 Å². The molecule has 0 unspecified atom stereocenters. The smallest absolute Gasteiger partial charge is 0.268 e. The summed E-state index contributed by atoms with van der Waals surface area (Å²) in [6.45, 7) is 1.85. The number of rotatable bonds is 1. The second-order valence-corrected chi connectivity index (χ2v) is 5.90. The van der Waals surface area contributed by atoms with Crippen molar-refractivity contribution in [2.45, 2.75) is 6.92 Å². The number of pyridine rings is 1. The van der Waals surface area contributed by atoms with Gasteiger partial charge in [-0.1, -0.05) is 0 Å². The summed E-state index contributed by atoms with van der Waals surface area (Å²) in [7, 11) is 1.74. The minimum absolute atomic E-state index is 0.00305. The summed E-state index contributed by atoms with van der Waals surface area (Å²) < 4.78 is 3.18. The highest BCUT2D eigenvalue weighted by atomic mass is 79.9. The second-order valence-electron chi connectivity index (χ2n) is 3.99. The Morgan fingerprint density at radius 1 is 1.50 bits per heavy atom. The minimum atomic E-state index is -0.00305. The van der Waals surface area contributed by atoms with Crippen LogP contribution < -0.4 is 5.56 Å². The Bertz CT molecular complexity index is 801. The Morgan fingerprint density at radius 3 is 2.94 bits per heavy atom. The molecule has 0 amide bonds. The van der Waals surface area contributed by atoms with E-state index in [9.17, 15) is 4.79 Å². The average molecular weight is 325 g/mol. The zero-order valence-electron chi connectivity index (χ0n) is 9.69. The van der Waals surface area contributed by atoms with E-state index in [-0.39, 0.29) is 5.56 Å². The molecule has 0 aromatic carbocycles. The van der Waals surface area contributed by atoms with Crippen LogP contribution in [0.3, 0.4) is 0 Å². The fourth-order valence-corrected chi connectivity index (χ4v) is 3.59. The summed E-state index contributed by atoms with van der Waals surface area (Å²) in [6, 6.07) is 1.94. The van der Waals surface area contributed by atoms with Crippen molar-refractivity contribution in [2.24, 2.45) is 7.05 Å². The lowest BCUT2D eigenvalue weighted by atomic mass is 10.3. The number of hydrogen-bond acceptors (Lipinski definition) is 4. The maximum absolute atomic E-state index is 12.0. The second kappa shape index (κ2) is 4.03. The molecule has 0 aliphatic heterocycles. The third-order valence-electron chi connectivity index (χ3n) is 2.63. The van der Waals surface area contributed by atoms with Crippen molar-refractivity contribution < 1.29 is 0 Å². The highest BCUT2D eigenvalue weighted by Crippen LogP contribution is 2.33. The first-order valence-electron chi connectivity index (χ1n) is 5.24. The normalized spacial score (nSPS) is 11.3. The minimum Gasteiger partial charge on any atom is -0.316 e. The molecule has 0 saturated carbocycles. The number of halogens is 1. The van der Waals surface area contributed by atoms with Gasteiger partial charge in [-0.25, -0.2) is 4.98 Å². The zero-order chi connectivity index (χ0) is 12.9. The average Bonchev–Trinajstić information content (AvgIpc) is 2.92. The maximum atomic E-state index is 12.0. The molecule has 0 radical (unpaired) electrons. The SMILES string of the molecule is Cc1nc(-c2cc3c(Br)cn(C)c(=O)c3s2)n[nH]1. The van der Waals surface area contributed by atoms with Crippen LogP contribution in [-0.2, 0) is 7.05 Å². The number of aromatic nitrogens is 4. The van der Waals surface area contributed by atoms with Crippen LogP contribution in [-0.4, -0.2) is 19.7 Å². The number of nitrogens with zero attached hydrogens (tertiary/aromatic N) is 3. The van der Waals surface area contributed by atoms with E-state index < -0.39 is 0 Å². The van der Waals surface area contributed by atoms with Gasteiger partial charge < -0.3 is 4.57 Å². The molecular weight excluding hydrogens is 316 g/mol. The Morgan fingerprint density at radius 2 is 2.28 bits per heavy atom. The predicted octanol–water partition coefficient (Wildman–Crippen LogP) is 2.46. The highest BCUT2D eigenvalue weighted by Gasteiger charge is 2.13. The lowest BCUT2D eigenvalue weighted by molar-refractivity contribution is 0.871. The predicted molar refractivity (Wildman–Crippen MR) is 74.9 cm³/mol. The largest absolute Gasteiger partial charge is 0.316 e. The van der Waals surface area contributed by atoms with Gasteiger partial charge >= 0.3 is 0 Å². The Hall–Kier alpha value is -1.47. The molecule has 3 rings (SSSR count). The van der Waals surface area contributed by atoms with E-state index in [1.54, 1.807) is 17.8 Å². The van der Waals surface area contributed by atoms with Gasteiger partial charge in [-0.2, -0.15) is 5.10 Å². The van der Waals surface area contributed by atoms with Gasteiger partial charge in [-0.3, -0.25) is 9.89 Å². The third kappa shape index (κ3) is 1.70. The van der Waals surface area contributed by atoms with Crippen LogP contribution in [0, 0.1) is 6.92 Å². The lowest BCUT2D eigenvalue weighted by Gasteiger charge is -1.98. The van der Waals surface area contributed by atoms with Crippen molar-refractivity contribution in [3.63, 3.8) is 0 Å². The molecule has 0 aliphatic rings. The van der Waals surface area contributed by atoms with Crippen molar-refractivity contribution in [1.29, 1.82) is 0 Å². The molecular formula is C11H9BrN4OS. The van der Waals surface area contributed by atoms with Crippen LogP contribution >= 0.6 is 27.3 Å². The molecule has 0 spiro atoms. The van der Waals surface area contributed by atoms with Crippen LogP contribution in [0.4, 0.5) is 0 Å². The summed E-state index contributed by atoms with van der Waals surface area (Å²) in [6.07, 6.45) is 1.77. The summed E-state index contributed by atoms with van der Waals surface area (Å²) in [5, 5.41) is 7.82. The van der Waals surface area contributed by atoms with Gasteiger partial charge in [0.05, 0.1) is 4.88 Å². The molecule has 0 fully saturated rings. The first kappa shape index (κ1) is 11.6. The zero-order valence-corrected chi connectivity index (χ0v) is 12.1. The molecule has 0 saturated heterocycles. The van der Waals surface area contributed by atoms with E-state index in [0.29, 0.717) is 10.5 Å². The van der Waals surface area contributed by atoms with E-state index in [2.05, 4.69) is 31.1 Å². The highest BCUT2D eigenvalue weighted by molar-refractivity contribution is 9.10. The Balaban J connectivity index is 2.32. The van der Waals surface area contributed by atoms with Gasteiger partial charge in [-0.05, 0) is 28.9 Å². The topological polar surface area (TPSA) is 63.6 Å². The summed E-state index contributed by atoms with van der Waals surface area (Å²) in [5.74, 6) is 1.39. The quantitative estimate of drug-likeness (QED) is 0.747. The first-order valence-corrected chi connectivity index (χ1v) is 6.85. The maximum Gasteiger partial charge on any atom is 0.268 e. The summed E-state index contributed by atoms with van der Waals surface area (Å²) in [4.78, 5) is 17.2. The van der Waals surface area contributed by atoms with E-state index in [4.69, 9.17) is 0 Å². The number of hydrogen-bond donors (Lipinski definition) is 1. The molecule has 0 atom stereocenters.